The van der Waals surface area contributed by atoms with Crippen LogP contribution < -0.4 is 4.72 Å². The van der Waals surface area contributed by atoms with Crippen LogP contribution >= 0.6 is 0 Å². The van der Waals surface area contributed by atoms with Gasteiger partial charge in [0.05, 0.1) is 16.9 Å². The van der Waals surface area contributed by atoms with Crippen LogP contribution in [0.5, 0.6) is 0 Å². The van der Waals surface area contributed by atoms with Crippen molar-refractivity contribution in [2.75, 3.05) is 6.61 Å². The van der Waals surface area contributed by atoms with Crippen LogP contribution in [0.4, 0.5) is 0 Å². The molecule has 1 unspecified atom stereocenters. The summed E-state index contributed by atoms with van der Waals surface area (Å²) in [6.07, 6.45) is 0.554. The Morgan fingerprint density at radius 2 is 1.64 bits per heavy atom. The molecule has 5 heteroatoms. The summed E-state index contributed by atoms with van der Waals surface area (Å²) < 4.78 is 25.2. The topological polar surface area (TPSA) is 66.4 Å². The van der Waals surface area contributed by atoms with E-state index in [1.54, 1.807) is 27.7 Å². The smallest absolute Gasteiger partial charge is 0.217 e. The number of hydrogen-bond acceptors (Lipinski definition) is 3. The molecule has 86 valence electrons. The number of aliphatic hydroxyl groups excluding tert-OH is 1. The highest BCUT2D eigenvalue weighted by Crippen LogP contribution is 2.18. The fraction of sp³-hybridized carbons (Fsp3) is 1.00. The van der Waals surface area contributed by atoms with Crippen LogP contribution in [0.1, 0.15) is 41.0 Å². The summed E-state index contributed by atoms with van der Waals surface area (Å²) >= 11 is 0. The number of rotatable bonds is 4. The van der Waals surface area contributed by atoms with E-state index in [1.807, 2.05) is 6.92 Å². The first-order valence-electron chi connectivity index (χ1n) is 4.72. The molecule has 0 aromatic heterocycles. The minimum absolute atomic E-state index is 0.196. The summed E-state index contributed by atoms with van der Waals surface area (Å²) in [4.78, 5) is 0. The third kappa shape index (κ3) is 3.22. The second-order valence-corrected chi connectivity index (χ2v) is 7.23. The van der Waals surface area contributed by atoms with E-state index in [4.69, 9.17) is 5.11 Å². The third-order valence-corrected chi connectivity index (χ3v) is 4.69. The standard InChI is InChI=1S/C9H21NO3S/c1-6-9(5,7-11)10-14(12,13)8(2,3)4/h10-11H,6-7H2,1-5H3. The van der Waals surface area contributed by atoms with Crippen molar-refractivity contribution in [2.24, 2.45) is 0 Å². The zero-order valence-electron chi connectivity index (χ0n) is 9.59. The van der Waals surface area contributed by atoms with E-state index in [0.29, 0.717) is 6.42 Å². The van der Waals surface area contributed by atoms with E-state index in [1.165, 1.54) is 0 Å². The average molecular weight is 223 g/mol. The Balaban J connectivity index is 4.85. The fourth-order valence-corrected chi connectivity index (χ4v) is 1.86. The van der Waals surface area contributed by atoms with Crippen LogP contribution in [0.15, 0.2) is 0 Å². The molecule has 0 aromatic carbocycles. The normalized spacial score (nSPS) is 17.9. The monoisotopic (exact) mass is 223 g/mol. The van der Waals surface area contributed by atoms with Gasteiger partial charge in [0.1, 0.15) is 0 Å². The van der Waals surface area contributed by atoms with E-state index in [0.717, 1.165) is 0 Å². The summed E-state index contributed by atoms with van der Waals surface area (Å²) in [6, 6.07) is 0. The Morgan fingerprint density at radius 3 is 1.86 bits per heavy atom. The lowest BCUT2D eigenvalue weighted by Crippen LogP contribution is -2.53. The largest absolute Gasteiger partial charge is 0.394 e. The highest BCUT2D eigenvalue weighted by molar-refractivity contribution is 7.90. The van der Waals surface area contributed by atoms with Crippen molar-refractivity contribution in [3.63, 3.8) is 0 Å². The summed E-state index contributed by atoms with van der Waals surface area (Å²) in [7, 11) is -3.39. The number of aliphatic hydroxyl groups is 1. The lowest BCUT2D eigenvalue weighted by Gasteiger charge is -2.31. The van der Waals surface area contributed by atoms with E-state index in [-0.39, 0.29) is 6.61 Å². The minimum Gasteiger partial charge on any atom is -0.394 e. The van der Waals surface area contributed by atoms with Crippen molar-refractivity contribution in [1.82, 2.24) is 4.72 Å². The molecule has 0 spiro atoms. The first-order valence-corrected chi connectivity index (χ1v) is 6.21. The molecule has 0 aliphatic carbocycles. The van der Waals surface area contributed by atoms with Gasteiger partial charge in [0.25, 0.3) is 0 Å². The summed E-state index contributed by atoms with van der Waals surface area (Å²) in [5.74, 6) is 0. The van der Waals surface area contributed by atoms with Gasteiger partial charge < -0.3 is 5.11 Å². The molecule has 0 aromatic rings. The van der Waals surface area contributed by atoms with Crippen LogP contribution in [-0.2, 0) is 10.0 Å². The maximum Gasteiger partial charge on any atom is 0.217 e. The summed E-state index contributed by atoms with van der Waals surface area (Å²) in [5.41, 5.74) is -0.758. The molecule has 0 saturated carbocycles. The van der Waals surface area contributed by atoms with Crippen LogP contribution in [0.2, 0.25) is 0 Å². The van der Waals surface area contributed by atoms with E-state index >= 15 is 0 Å². The highest BCUT2D eigenvalue weighted by atomic mass is 32.2. The second kappa shape index (κ2) is 4.16. The zero-order chi connectivity index (χ0) is 11.6. The molecule has 1 atom stereocenters. The number of sulfonamides is 1. The van der Waals surface area contributed by atoms with Gasteiger partial charge in [-0.2, -0.15) is 0 Å². The van der Waals surface area contributed by atoms with Crippen molar-refractivity contribution in [1.29, 1.82) is 0 Å². The molecule has 14 heavy (non-hydrogen) atoms. The molecule has 0 aliphatic rings. The lowest BCUT2D eigenvalue weighted by atomic mass is 10.0. The Bertz CT molecular complexity index is 273. The van der Waals surface area contributed by atoms with Crippen molar-refractivity contribution < 1.29 is 13.5 Å². The maximum absolute atomic E-state index is 11.8. The number of nitrogens with one attached hydrogen (secondary N) is 1. The summed E-state index contributed by atoms with van der Waals surface area (Å²) in [6.45, 7) is 8.21. The van der Waals surface area contributed by atoms with Gasteiger partial charge in [0.2, 0.25) is 10.0 Å². The molecular formula is C9H21NO3S. The van der Waals surface area contributed by atoms with Crippen molar-refractivity contribution in [3.05, 3.63) is 0 Å². The van der Waals surface area contributed by atoms with Gasteiger partial charge in [0, 0.05) is 0 Å². The van der Waals surface area contributed by atoms with Crippen LogP contribution in [0.25, 0.3) is 0 Å². The first-order chi connectivity index (χ1) is 6.08. The van der Waals surface area contributed by atoms with E-state index in [9.17, 15) is 8.42 Å². The first kappa shape index (κ1) is 13.9. The summed E-state index contributed by atoms with van der Waals surface area (Å²) in [5, 5.41) is 9.09. The lowest BCUT2D eigenvalue weighted by molar-refractivity contribution is 0.190. The van der Waals surface area contributed by atoms with Gasteiger partial charge in [-0.1, -0.05) is 6.92 Å². The molecule has 0 aliphatic heterocycles. The highest BCUT2D eigenvalue weighted by Gasteiger charge is 2.35. The molecule has 0 rings (SSSR count). The van der Waals surface area contributed by atoms with Gasteiger partial charge >= 0.3 is 0 Å². The Hall–Kier alpha value is -0.130. The molecule has 0 amide bonds. The van der Waals surface area contributed by atoms with E-state index < -0.39 is 20.3 Å². The third-order valence-electron chi connectivity index (χ3n) is 2.32. The van der Waals surface area contributed by atoms with Gasteiger partial charge in [-0.05, 0) is 34.1 Å². The molecule has 0 saturated heterocycles. The molecule has 0 radical (unpaired) electrons. The van der Waals surface area contributed by atoms with Gasteiger partial charge in [-0.25, -0.2) is 13.1 Å². The van der Waals surface area contributed by atoms with Crippen LogP contribution in [-0.4, -0.2) is 30.4 Å². The molecule has 4 nitrogen and oxygen atoms in total. The number of hydrogen-bond donors (Lipinski definition) is 2. The quantitative estimate of drug-likeness (QED) is 0.743. The van der Waals surface area contributed by atoms with Crippen molar-refractivity contribution in [2.45, 2.75) is 51.3 Å². The van der Waals surface area contributed by atoms with Crippen molar-refractivity contribution in [3.8, 4) is 0 Å². The molecular weight excluding hydrogens is 202 g/mol. The van der Waals surface area contributed by atoms with Crippen LogP contribution in [0, 0.1) is 0 Å². The van der Waals surface area contributed by atoms with Crippen LogP contribution in [0.3, 0.4) is 0 Å². The minimum atomic E-state index is -3.39. The van der Waals surface area contributed by atoms with Crippen molar-refractivity contribution >= 4 is 10.0 Å². The Morgan fingerprint density at radius 1 is 1.21 bits per heavy atom. The molecule has 0 heterocycles. The van der Waals surface area contributed by atoms with Gasteiger partial charge in [-0.15, -0.1) is 0 Å². The molecule has 0 bridgehead atoms. The zero-order valence-corrected chi connectivity index (χ0v) is 10.4. The average Bonchev–Trinajstić information content (AvgIpc) is 2.01. The fourth-order valence-electron chi connectivity index (χ4n) is 0.694. The predicted octanol–water partition coefficient (Wildman–Crippen LogP) is 0.865. The molecule has 0 fully saturated rings. The predicted molar refractivity (Wildman–Crippen MR) is 57.6 cm³/mol. The molecule has 2 N–H and O–H groups in total. The SMILES string of the molecule is CCC(C)(CO)NS(=O)(=O)C(C)(C)C. The second-order valence-electron chi connectivity index (χ2n) is 4.79. The van der Waals surface area contributed by atoms with Gasteiger partial charge in [0.15, 0.2) is 0 Å². The Labute approximate surface area is 86.8 Å². The van der Waals surface area contributed by atoms with Gasteiger partial charge in [-0.3, -0.25) is 0 Å². The van der Waals surface area contributed by atoms with E-state index in [2.05, 4.69) is 4.72 Å². The Kier molecular flexibility index (Phi) is 4.12. The maximum atomic E-state index is 11.8.